The minimum atomic E-state index is -0.467. The third-order valence-electron chi connectivity index (χ3n) is 5.28. The summed E-state index contributed by atoms with van der Waals surface area (Å²) < 4.78 is 15.7. The Morgan fingerprint density at radius 2 is 1.89 bits per heavy atom. The molecule has 3 amide bonds. The number of likely N-dealkylation sites (tertiary alicyclic amines) is 1. The standard InChI is InChI=1S/C19H23N3O6/c1-2-26-19(25)21-7-5-20(6-8-21)14-10-17(23)22(18(14)24)11-13-3-4-15-16(9-13)28-12-27-15/h3-4,9,14H,2,5-8,10-12H2,1H3. The zero-order valence-corrected chi connectivity index (χ0v) is 15.8. The third kappa shape index (κ3) is 3.49. The van der Waals surface area contributed by atoms with E-state index in [2.05, 4.69) is 0 Å². The number of hydrogen-bond donors (Lipinski definition) is 0. The molecule has 1 aromatic carbocycles. The largest absolute Gasteiger partial charge is 0.454 e. The predicted octanol–water partition coefficient (Wildman–Crippen LogP) is 0.817. The summed E-state index contributed by atoms with van der Waals surface area (Å²) in [7, 11) is 0. The van der Waals surface area contributed by atoms with Gasteiger partial charge in [0, 0.05) is 26.2 Å². The van der Waals surface area contributed by atoms with Crippen LogP contribution >= 0.6 is 0 Å². The summed E-state index contributed by atoms with van der Waals surface area (Å²) in [6, 6.07) is 4.95. The molecule has 3 aliphatic heterocycles. The van der Waals surface area contributed by atoms with E-state index in [4.69, 9.17) is 14.2 Å². The summed E-state index contributed by atoms with van der Waals surface area (Å²) in [6.07, 6.45) is -0.164. The van der Waals surface area contributed by atoms with E-state index in [-0.39, 0.29) is 37.7 Å². The second kappa shape index (κ2) is 7.67. The second-order valence-electron chi connectivity index (χ2n) is 6.95. The molecule has 28 heavy (non-hydrogen) atoms. The molecule has 2 saturated heterocycles. The monoisotopic (exact) mass is 389 g/mol. The molecule has 1 aromatic rings. The van der Waals surface area contributed by atoms with Crippen molar-refractivity contribution >= 4 is 17.9 Å². The molecule has 4 rings (SSSR count). The zero-order chi connectivity index (χ0) is 19.7. The summed E-state index contributed by atoms with van der Waals surface area (Å²) >= 11 is 0. The number of benzene rings is 1. The Kier molecular flexibility index (Phi) is 5.08. The average Bonchev–Trinajstić information content (AvgIpc) is 3.27. The van der Waals surface area contributed by atoms with Crippen molar-refractivity contribution < 1.29 is 28.6 Å². The Labute approximate surface area is 162 Å². The highest BCUT2D eigenvalue weighted by molar-refractivity contribution is 6.05. The lowest BCUT2D eigenvalue weighted by atomic mass is 10.1. The van der Waals surface area contributed by atoms with Crippen LogP contribution in [0.1, 0.15) is 18.9 Å². The Balaban J connectivity index is 1.37. The summed E-state index contributed by atoms with van der Waals surface area (Å²) in [6.45, 7) is 4.56. The van der Waals surface area contributed by atoms with Crippen LogP contribution in [0.25, 0.3) is 0 Å². The van der Waals surface area contributed by atoms with E-state index in [9.17, 15) is 14.4 Å². The van der Waals surface area contributed by atoms with E-state index in [1.807, 2.05) is 11.0 Å². The van der Waals surface area contributed by atoms with Crippen molar-refractivity contribution in [1.29, 1.82) is 0 Å². The molecule has 0 N–H and O–H groups in total. The quantitative estimate of drug-likeness (QED) is 0.705. The van der Waals surface area contributed by atoms with Crippen LogP contribution in [0.4, 0.5) is 4.79 Å². The minimum absolute atomic E-state index is 0.169. The number of imide groups is 1. The van der Waals surface area contributed by atoms with E-state index < -0.39 is 6.04 Å². The van der Waals surface area contributed by atoms with Gasteiger partial charge in [0.25, 0.3) is 0 Å². The molecule has 2 fully saturated rings. The highest BCUT2D eigenvalue weighted by Gasteiger charge is 2.42. The molecule has 1 unspecified atom stereocenters. The summed E-state index contributed by atoms with van der Waals surface area (Å²) in [5, 5.41) is 0. The van der Waals surface area contributed by atoms with Gasteiger partial charge in [0.1, 0.15) is 0 Å². The van der Waals surface area contributed by atoms with Gasteiger partial charge >= 0.3 is 6.09 Å². The fourth-order valence-electron chi connectivity index (χ4n) is 3.77. The summed E-state index contributed by atoms with van der Waals surface area (Å²) in [4.78, 5) is 42.1. The predicted molar refractivity (Wildman–Crippen MR) is 96.7 cm³/mol. The van der Waals surface area contributed by atoms with Gasteiger partial charge in [-0.2, -0.15) is 0 Å². The van der Waals surface area contributed by atoms with Gasteiger partial charge in [-0.3, -0.25) is 19.4 Å². The number of rotatable bonds is 4. The molecule has 0 saturated carbocycles. The van der Waals surface area contributed by atoms with Crippen molar-refractivity contribution in [3.8, 4) is 11.5 Å². The van der Waals surface area contributed by atoms with E-state index in [0.717, 1.165) is 5.56 Å². The third-order valence-corrected chi connectivity index (χ3v) is 5.28. The van der Waals surface area contributed by atoms with Crippen molar-refractivity contribution in [3.05, 3.63) is 23.8 Å². The average molecular weight is 389 g/mol. The van der Waals surface area contributed by atoms with E-state index in [0.29, 0.717) is 44.3 Å². The van der Waals surface area contributed by atoms with Crippen molar-refractivity contribution in [2.24, 2.45) is 0 Å². The molecule has 150 valence electrons. The van der Waals surface area contributed by atoms with Gasteiger partial charge in [-0.15, -0.1) is 0 Å². The second-order valence-corrected chi connectivity index (χ2v) is 6.95. The lowest BCUT2D eigenvalue weighted by Crippen LogP contribution is -2.53. The van der Waals surface area contributed by atoms with Crippen LogP contribution in [0.2, 0.25) is 0 Å². The van der Waals surface area contributed by atoms with Gasteiger partial charge in [-0.05, 0) is 24.6 Å². The number of piperazine rings is 1. The van der Waals surface area contributed by atoms with Crippen LogP contribution in [0.5, 0.6) is 11.5 Å². The maximum Gasteiger partial charge on any atom is 0.409 e. The van der Waals surface area contributed by atoms with Crippen LogP contribution in [-0.4, -0.2) is 78.2 Å². The molecule has 0 aliphatic carbocycles. The number of hydrogen-bond acceptors (Lipinski definition) is 7. The molecule has 3 aliphatic rings. The first-order valence-corrected chi connectivity index (χ1v) is 9.45. The highest BCUT2D eigenvalue weighted by atomic mass is 16.7. The molecule has 0 bridgehead atoms. The van der Waals surface area contributed by atoms with Gasteiger partial charge in [-0.1, -0.05) is 6.07 Å². The molecular formula is C19H23N3O6. The first-order chi connectivity index (χ1) is 13.6. The van der Waals surface area contributed by atoms with Gasteiger partial charge in [0.2, 0.25) is 18.6 Å². The van der Waals surface area contributed by atoms with E-state index in [1.54, 1.807) is 24.0 Å². The molecule has 0 spiro atoms. The Bertz CT molecular complexity index is 790. The molecular weight excluding hydrogens is 366 g/mol. The summed E-state index contributed by atoms with van der Waals surface area (Å²) in [5.41, 5.74) is 0.818. The van der Waals surface area contributed by atoms with E-state index in [1.165, 1.54) is 4.90 Å². The number of carbonyl (C=O) groups is 3. The van der Waals surface area contributed by atoms with Crippen molar-refractivity contribution in [3.63, 3.8) is 0 Å². The lowest BCUT2D eigenvalue weighted by Gasteiger charge is -2.36. The minimum Gasteiger partial charge on any atom is -0.454 e. The fraction of sp³-hybridized carbons (Fsp3) is 0.526. The number of amides is 3. The first kappa shape index (κ1) is 18.5. The normalized spacial score (nSPS) is 22.1. The van der Waals surface area contributed by atoms with Gasteiger partial charge in [0.15, 0.2) is 11.5 Å². The number of fused-ring (bicyclic) bond motifs is 1. The number of carbonyl (C=O) groups excluding carboxylic acids is 3. The molecule has 1 atom stereocenters. The maximum atomic E-state index is 12.9. The lowest BCUT2D eigenvalue weighted by molar-refractivity contribution is -0.140. The van der Waals surface area contributed by atoms with Crippen LogP contribution in [-0.2, 0) is 20.9 Å². The molecule has 0 radical (unpaired) electrons. The number of nitrogens with zero attached hydrogens (tertiary/aromatic N) is 3. The molecule has 9 nitrogen and oxygen atoms in total. The smallest absolute Gasteiger partial charge is 0.409 e. The van der Waals surface area contributed by atoms with Crippen LogP contribution in [0, 0.1) is 0 Å². The van der Waals surface area contributed by atoms with Gasteiger partial charge in [0.05, 0.1) is 25.6 Å². The van der Waals surface area contributed by atoms with Crippen LogP contribution in [0.15, 0.2) is 18.2 Å². The molecule has 0 aromatic heterocycles. The topological polar surface area (TPSA) is 88.6 Å². The van der Waals surface area contributed by atoms with E-state index >= 15 is 0 Å². The Morgan fingerprint density at radius 1 is 1.14 bits per heavy atom. The van der Waals surface area contributed by atoms with Crippen LogP contribution in [0.3, 0.4) is 0 Å². The maximum absolute atomic E-state index is 12.9. The van der Waals surface area contributed by atoms with Crippen molar-refractivity contribution in [2.45, 2.75) is 25.9 Å². The van der Waals surface area contributed by atoms with Gasteiger partial charge in [-0.25, -0.2) is 4.79 Å². The fourth-order valence-corrected chi connectivity index (χ4v) is 3.77. The Hall–Kier alpha value is -2.81. The van der Waals surface area contributed by atoms with Crippen LogP contribution < -0.4 is 9.47 Å². The SMILES string of the molecule is CCOC(=O)N1CCN(C2CC(=O)N(Cc3ccc4c(c3)OCO4)C2=O)CC1. The molecule has 9 heteroatoms. The first-order valence-electron chi connectivity index (χ1n) is 9.45. The zero-order valence-electron chi connectivity index (χ0n) is 15.8. The number of ether oxygens (including phenoxy) is 3. The summed E-state index contributed by atoms with van der Waals surface area (Å²) in [5.74, 6) is 0.927. The Morgan fingerprint density at radius 3 is 2.64 bits per heavy atom. The molecule has 3 heterocycles. The highest BCUT2D eigenvalue weighted by Crippen LogP contribution is 2.33. The van der Waals surface area contributed by atoms with Crippen molar-refractivity contribution in [2.75, 3.05) is 39.6 Å². The van der Waals surface area contributed by atoms with Crippen molar-refractivity contribution in [1.82, 2.24) is 14.7 Å². The van der Waals surface area contributed by atoms with Gasteiger partial charge < -0.3 is 19.1 Å².